The number of nitrogens with zero attached hydrogens (tertiary/aromatic N) is 2. The Balaban J connectivity index is 1.73. The normalized spacial score (nSPS) is 14.2. The molecule has 26 heavy (non-hydrogen) atoms. The zero-order valence-electron chi connectivity index (χ0n) is 15.2. The molecule has 3 rings (SSSR count). The Kier molecular flexibility index (Phi) is 5.38. The minimum absolute atomic E-state index is 0.0946. The number of nitriles is 1. The largest absolute Gasteiger partial charge is 0.372 e. The Bertz CT molecular complexity index is 869. The van der Waals surface area contributed by atoms with Crippen LogP contribution in [0.5, 0.6) is 0 Å². The van der Waals surface area contributed by atoms with Gasteiger partial charge in [-0.3, -0.25) is 4.79 Å². The van der Waals surface area contributed by atoms with E-state index >= 15 is 0 Å². The number of carbonyl (C=O) groups excluding carboxylic acids is 1. The number of anilines is 2. The van der Waals surface area contributed by atoms with Crippen LogP contribution in [-0.4, -0.2) is 19.0 Å². The SMILES string of the molecule is Cc1ccc(NC(=O)/C(C#N)=C\c2ccc(N3CCCC3)cc2)cc1C. The topological polar surface area (TPSA) is 56.1 Å². The summed E-state index contributed by atoms with van der Waals surface area (Å²) >= 11 is 0. The predicted molar refractivity (Wildman–Crippen MR) is 106 cm³/mol. The monoisotopic (exact) mass is 345 g/mol. The summed E-state index contributed by atoms with van der Waals surface area (Å²) in [6.45, 7) is 6.20. The van der Waals surface area contributed by atoms with Gasteiger partial charge in [-0.2, -0.15) is 5.26 Å². The third kappa shape index (κ3) is 4.12. The molecule has 2 aromatic rings. The molecular weight excluding hydrogens is 322 g/mol. The van der Waals surface area contributed by atoms with E-state index in [1.54, 1.807) is 6.08 Å². The van der Waals surface area contributed by atoms with Crippen molar-refractivity contribution in [1.82, 2.24) is 0 Å². The third-order valence-corrected chi connectivity index (χ3v) is 4.81. The minimum atomic E-state index is -0.389. The molecule has 4 nitrogen and oxygen atoms in total. The van der Waals surface area contributed by atoms with Gasteiger partial charge in [0.15, 0.2) is 0 Å². The molecule has 1 amide bonds. The molecule has 1 saturated heterocycles. The summed E-state index contributed by atoms with van der Waals surface area (Å²) in [5.74, 6) is -0.389. The Labute approximate surface area is 154 Å². The summed E-state index contributed by atoms with van der Waals surface area (Å²) in [4.78, 5) is 14.8. The van der Waals surface area contributed by atoms with Crippen LogP contribution in [0, 0.1) is 25.2 Å². The zero-order valence-corrected chi connectivity index (χ0v) is 15.2. The van der Waals surface area contributed by atoms with Gasteiger partial charge in [-0.15, -0.1) is 0 Å². The fourth-order valence-electron chi connectivity index (χ4n) is 3.09. The van der Waals surface area contributed by atoms with Crippen molar-refractivity contribution in [2.24, 2.45) is 0 Å². The van der Waals surface area contributed by atoms with Crippen LogP contribution in [0.15, 0.2) is 48.0 Å². The van der Waals surface area contributed by atoms with E-state index in [-0.39, 0.29) is 11.5 Å². The first kappa shape index (κ1) is 17.8. The molecule has 1 aliphatic heterocycles. The lowest BCUT2D eigenvalue weighted by Gasteiger charge is -2.17. The van der Waals surface area contributed by atoms with E-state index in [2.05, 4.69) is 10.2 Å². The maximum atomic E-state index is 12.4. The number of hydrogen-bond acceptors (Lipinski definition) is 3. The van der Waals surface area contributed by atoms with Crippen molar-refractivity contribution in [2.45, 2.75) is 26.7 Å². The maximum Gasteiger partial charge on any atom is 0.266 e. The second-order valence-corrected chi connectivity index (χ2v) is 6.71. The second kappa shape index (κ2) is 7.88. The highest BCUT2D eigenvalue weighted by Crippen LogP contribution is 2.21. The first-order valence-corrected chi connectivity index (χ1v) is 8.92. The summed E-state index contributed by atoms with van der Waals surface area (Å²) in [6, 6.07) is 15.7. The van der Waals surface area contributed by atoms with Gasteiger partial charge < -0.3 is 10.2 Å². The molecule has 0 unspecified atom stereocenters. The van der Waals surface area contributed by atoms with Gasteiger partial charge in [-0.1, -0.05) is 18.2 Å². The molecule has 1 N–H and O–H groups in total. The molecule has 2 aromatic carbocycles. The molecule has 0 atom stereocenters. The number of benzene rings is 2. The molecule has 1 heterocycles. The Hall–Kier alpha value is -3.06. The van der Waals surface area contributed by atoms with Crippen LogP contribution in [0.25, 0.3) is 6.08 Å². The van der Waals surface area contributed by atoms with Crippen molar-refractivity contribution in [3.63, 3.8) is 0 Å². The van der Waals surface area contributed by atoms with Gasteiger partial charge in [0.05, 0.1) is 0 Å². The van der Waals surface area contributed by atoms with Crippen molar-refractivity contribution < 1.29 is 4.79 Å². The second-order valence-electron chi connectivity index (χ2n) is 6.71. The van der Waals surface area contributed by atoms with Gasteiger partial charge in [-0.25, -0.2) is 0 Å². The Morgan fingerprint density at radius 1 is 1.08 bits per heavy atom. The number of carbonyl (C=O) groups is 1. The van der Waals surface area contributed by atoms with Crippen molar-refractivity contribution in [2.75, 3.05) is 23.3 Å². The first-order chi connectivity index (χ1) is 12.6. The molecule has 0 aromatic heterocycles. The lowest BCUT2D eigenvalue weighted by Crippen LogP contribution is -2.17. The highest BCUT2D eigenvalue weighted by Gasteiger charge is 2.13. The van der Waals surface area contributed by atoms with Gasteiger partial charge in [-0.05, 0) is 73.7 Å². The molecule has 0 spiro atoms. The minimum Gasteiger partial charge on any atom is -0.372 e. The average molecular weight is 345 g/mol. The number of aryl methyl sites for hydroxylation is 2. The summed E-state index contributed by atoms with van der Waals surface area (Å²) in [7, 11) is 0. The summed E-state index contributed by atoms with van der Waals surface area (Å²) < 4.78 is 0. The average Bonchev–Trinajstić information content (AvgIpc) is 3.18. The molecule has 0 bridgehead atoms. The molecular formula is C22H23N3O. The Morgan fingerprint density at radius 3 is 2.38 bits per heavy atom. The highest BCUT2D eigenvalue weighted by molar-refractivity contribution is 6.09. The smallest absolute Gasteiger partial charge is 0.266 e. The molecule has 0 radical (unpaired) electrons. The van der Waals surface area contributed by atoms with E-state index in [0.29, 0.717) is 5.69 Å². The fourth-order valence-corrected chi connectivity index (χ4v) is 3.09. The molecule has 1 aliphatic rings. The summed E-state index contributed by atoms with van der Waals surface area (Å²) in [6.07, 6.45) is 4.10. The van der Waals surface area contributed by atoms with Crippen molar-refractivity contribution in [3.05, 3.63) is 64.7 Å². The van der Waals surface area contributed by atoms with E-state index in [9.17, 15) is 10.1 Å². The lowest BCUT2D eigenvalue weighted by molar-refractivity contribution is -0.112. The van der Waals surface area contributed by atoms with Crippen LogP contribution in [0.3, 0.4) is 0 Å². The highest BCUT2D eigenvalue weighted by atomic mass is 16.1. The zero-order chi connectivity index (χ0) is 18.5. The predicted octanol–water partition coefficient (Wildman–Crippen LogP) is 4.45. The van der Waals surface area contributed by atoms with Crippen LogP contribution in [0.2, 0.25) is 0 Å². The van der Waals surface area contributed by atoms with E-state index in [4.69, 9.17) is 0 Å². The molecule has 4 heteroatoms. The molecule has 132 valence electrons. The summed E-state index contributed by atoms with van der Waals surface area (Å²) in [5.41, 5.74) is 5.10. The summed E-state index contributed by atoms with van der Waals surface area (Å²) in [5, 5.41) is 12.2. The first-order valence-electron chi connectivity index (χ1n) is 8.92. The number of rotatable bonds is 4. The van der Waals surface area contributed by atoms with Crippen LogP contribution < -0.4 is 10.2 Å². The van der Waals surface area contributed by atoms with E-state index in [1.807, 2.05) is 62.4 Å². The van der Waals surface area contributed by atoms with Crippen molar-refractivity contribution in [3.8, 4) is 6.07 Å². The van der Waals surface area contributed by atoms with Crippen molar-refractivity contribution in [1.29, 1.82) is 5.26 Å². The van der Waals surface area contributed by atoms with Gasteiger partial charge in [0.25, 0.3) is 5.91 Å². The van der Waals surface area contributed by atoms with Crippen molar-refractivity contribution >= 4 is 23.4 Å². The quantitative estimate of drug-likeness (QED) is 0.658. The standard InChI is InChI=1S/C22H23N3O/c1-16-5-8-20(13-17(16)2)24-22(26)19(15-23)14-18-6-9-21(10-7-18)25-11-3-4-12-25/h5-10,13-14H,3-4,11-12H2,1-2H3,(H,24,26)/b19-14-. The van der Waals surface area contributed by atoms with E-state index in [1.165, 1.54) is 18.5 Å². The lowest BCUT2D eigenvalue weighted by atomic mass is 10.1. The third-order valence-electron chi connectivity index (χ3n) is 4.81. The molecule has 0 saturated carbocycles. The number of nitrogens with one attached hydrogen (secondary N) is 1. The van der Waals surface area contributed by atoms with Gasteiger partial charge in [0.2, 0.25) is 0 Å². The Morgan fingerprint density at radius 2 is 1.77 bits per heavy atom. The fraction of sp³-hybridized carbons (Fsp3) is 0.273. The van der Waals surface area contributed by atoms with E-state index < -0.39 is 0 Å². The van der Waals surface area contributed by atoms with Crippen LogP contribution >= 0.6 is 0 Å². The number of hydrogen-bond donors (Lipinski definition) is 1. The van der Waals surface area contributed by atoms with Crippen LogP contribution in [0.4, 0.5) is 11.4 Å². The van der Waals surface area contributed by atoms with Crippen LogP contribution in [-0.2, 0) is 4.79 Å². The van der Waals surface area contributed by atoms with Crippen LogP contribution in [0.1, 0.15) is 29.5 Å². The molecule has 0 aliphatic carbocycles. The maximum absolute atomic E-state index is 12.4. The van der Waals surface area contributed by atoms with Gasteiger partial charge in [0.1, 0.15) is 11.6 Å². The van der Waals surface area contributed by atoms with Gasteiger partial charge >= 0.3 is 0 Å². The van der Waals surface area contributed by atoms with Gasteiger partial charge in [0, 0.05) is 24.5 Å². The number of amides is 1. The molecule has 1 fully saturated rings. The van der Waals surface area contributed by atoms with E-state index in [0.717, 1.165) is 29.8 Å².